The number of hydrogen-bond acceptors (Lipinski definition) is 3. The van der Waals surface area contributed by atoms with Gasteiger partial charge in [-0.3, -0.25) is 4.79 Å². The summed E-state index contributed by atoms with van der Waals surface area (Å²) >= 11 is 0. The number of amides is 1. The molecule has 0 bridgehead atoms. The Hall–Kier alpha value is -0.610. The van der Waals surface area contributed by atoms with Crippen molar-refractivity contribution in [3.05, 3.63) is 0 Å². The molecule has 6 N–H and O–H groups in total. The van der Waals surface area contributed by atoms with Crippen molar-refractivity contribution in [3.63, 3.8) is 0 Å². The summed E-state index contributed by atoms with van der Waals surface area (Å²) in [5, 5.41) is 0. The highest BCUT2D eigenvalue weighted by Crippen LogP contribution is 2.22. The minimum absolute atomic E-state index is 0.0440. The van der Waals surface area contributed by atoms with E-state index in [1.165, 1.54) is 0 Å². The standard InChI is InChI=1S/C6H13N3O/c7-4-1-3(6(9)10)2-5(4)8/h3-5H,1-2,7-8H2,(H2,9,10)/t3?,4-,5+. The van der Waals surface area contributed by atoms with Crippen LogP contribution in [0.2, 0.25) is 0 Å². The summed E-state index contributed by atoms with van der Waals surface area (Å²) in [6.45, 7) is 0. The second kappa shape index (κ2) is 2.56. The van der Waals surface area contributed by atoms with Crippen LogP contribution in [0, 0.1) is 5.92 Å². The Kier molecular flexibility index (Phi) is 1.92. The summed E-state index contributed by atoms with van der Waals surface area (Å²) in [5.74, 6) is -0.367. The highest BCUT2D eigenvalue weighted by atomic mass is 16.1. The van der Waals surface area contributed by atoms with E-state index in [4.69, 9.17) is 17.2 Å². The van der Waals surface area contributed by atoms with E-state index < -0.39 is 0 Å². The molecule has 0 saturated heterocycles. The predicted octanol–water partition coefficient (Wildman–Crippen LogP) is -1.46. The van der Waals surface area contributed by atoms with Crippen LogP contribution in [-0.4, -0.2) is 18.0 Å². The van der Waals surface area contributed by atoms with Crippen molar-refractivity contribution >= 4 is 5.91 Å². The molecule has 0 aromatic carbocycles. The van der Waals surface area contributed by atoms with Gasteiger partial charge in [0, 0.05) is 18.0 Å². The predicted molar refractivity (Wildman–Crippen MR) is 37.9 cm³/mol. The third-order valence-electron chi connectivity index (χ3n) is 2.07. The van der Waals surface area contributed by atoms with Crippen molar-refractivity contribution in [2.24, 2.45) is 23.1 Å². The van der Waals surface area contributed by atoms with Crippen LogP contribution in [0.3, 0.4) is 0 Å². The molecule has 58 valence electrons. The molecule has 0 aromatic heterocycles. The molecule has 1 aliphatic carbocycles. The van der Waals surface area contributed by atoms with Crippen LogP contribution in [0.5, 0.6) is 0 Å². The van der Waals surface area contributed by atoms with Gasteiger partial charge in [-0.05, 0) is 12.8 Å². The van der Waals surface area contributed by atoms with Gasteiger partial charge in [-0.15, -0.1) is 0 Å². The number of nitrogens with two attached hydrogens (primary N) is 3. The van der Waals surface area contributed by atoms with E-state index in [9.17, 15) is 4.79 Å². The highest BCUT2D eigenvalue weighted by Gasteiger charge is 2.32. The van der Waals surface area contributed by atoms with E-state index in [-0.39, 0.29) is 23.9 Å². The van der Waals surface area contributed by atoms with Crippen molar-refractivity contribution < 1.29 is 4.79 Å². The van der Waals surface area contributed by atoms with Gasteiger partial charge in [0.25, 0.3) is 0 Å². The molecule has 0 spiro atoms. The molecular weight excluding hydrogens is 130 g/mol. The van der Waals surface area contributed by atoms with Crippen molar-refractivity contribution in [3.8, 4) is 0 Å². The summed E-state index contributed by atoms with van der Waals surface area (Å²) in [6.07, 6.45) is 1.30. The maximum absolute atomic E-state index is 10.6. The number of hydrogen-bond donors (Lipinski definition) is 3. The van der Waals surface area contributed by atoms with Gasteiger partial charge in [0.15, 0.2) is 0 Å². The van der Waals surface area contributed by atoms with Crippen LogP contribution in [0.1, 0.15) is 12.8 Å². The molecule has 1 aliphatic rings. The van der Waals surface area contributed by atoms with Gasteiger partial charge in [-0.2, -0.15) is 0 Å². The summed E-state index contributed by atoms with van der Waals surface area (Å²) in [7, 11) is 0. The van der Waals surface area contributed by atoms with Crippen molar-refractivity contribution in [2.75, 3.05) is 0 Å². The molecule has 10 heavy (non-hydrogen) atoms. The largest absolute Gasteiger partial charge is 0.369 e. The van der Waals surface area contributed by atoms with E-state index in [0.717, 1.165) is 0 Å². The Morgan fingerprint density at radius 2 is 1.60 bits per heavy atom. The quantitative estimate of drug-likeness (QED) is 0.418. The minimum atomic E-state index is -0.275. The Bertz CT molecular complexity index is 138. The molecule has 0 radical (unpaired) electrons. The van der Waals surface area contributed by atoms with Gasteiger partial charge in [0.2, 0.25) is 5.91 Å². The van der Waals surface area contributed by atoms with Gasteiger partial charge < -0.3 is 17.2 Å². The zero-order chi connectivity index (χ0) is 7.72. The Labute approximate surface area is 59.7 Å². The normalized spacial score (nSPS) is 40.0. The van der Waals surface area contributed by atoms with Crippen LogP contribution in [0.15, 0.2) is 0 Å². The Morgan fingerprint density at radius 3 is 1.80 bits per heavy atom. The van der Waals surface area contributed by atoms with E-state index in [2.05, 4.69) is 0 Å². The smallest absolute Gasteiger partial charge is 0.220 e. The molecule has 1 amide bonds. The van der Waals surface area contributed by atoms with E-state index >= 15 is 0 Å². The minimum Gasteiger partial charge on any atom is -0.369 e. The Balaban J connectivity index is 2.49. The molecule has 0 heterocycles. The average Bonchev–Trinajstić information content (AvgIpc) is 2.13. The van der Waals surface area contributed by atoms with E-state index in [0.29, 0.717) is 12.8 Å². The first-order chi connectivity index (χ1) is 4.61. The Morgan fingerprint density at radius 1 is 1.20 bits per heavy atom. The average molecular weight is 143 g/mol. The van der Waals surface area contributed by atoms with Crippen LogP contribution < -0.4 is 17.2 Å². The third-order valence-corrected chi connectivity index (χ3v) is 2.07. The van der Waals surface area contributed by atoms with Crippen molar-refractivity contribution in [1.82, 2.24) is 0 Å². The lowest BCUT2D eigenvalue weighted by Crippen LogP contribution is -2.35. The first-order valence-electron chi connectivity index (χ1n) is 3.41. The first-order valence-corrected chi connectivity index (χ1v) is 3.41. The van der Waals surface area contributed by atoms with E-state index in [1.807, 2.05) is 0 Å². The summed E-state index contributed by atoms with van der Waals surface area (Å²) in [4.78, 5) is 10.6. The van der Waals surface area contributed by atoms with Crippen LogP contribution in [-0.2, 0) is 4.79 Å². The lowest BCUT2D eigenvalue weighted by molar-refractivity contribution is -0.121. The molecule has 4 nitrogen and oxygen atoms in total. The molecule has 1 unspecified atom stereocenters. The fraction of sp³-hybridized carbons (Fsp3) is 0.833. The maximum atomic E-state index is 10.6. The SMILES string of the molecule is NC(=O)C1C[C@@H](N)[C@@H](N)C1. The number of carbonyl (C=O) groups is 1. The fourth-order valence-electron chi connectivity index (χ4n) is 1.34. The molecule has 1 saturated carbocycles. The van der Waals surface area contributed by atoms with Crippen LogP contribution in [0.4, 0.5) is 0 Å². The molecule has 4 heteroatoms. The highest BCUT2D eigenvalue weighted by molar-refractivity contribution is 5.77. The summed E-state index contributed by atoms with van der Waals surface area (Å²) in [5.41, 5.74) is 16.2. The lowest BCUT2D eigenvalue weighted by Gasteiger charge is -2.05. The maximum Gasteiger partial charge on any atom is 0.220 e. The summed E-state index contributed by atoms with van der Waals surface area (Å²) < 4.78 is 0. The van der Waals surface area contributed by atoms with Gasteiger partial charge in [-0.25, -0.2) is 0 Å². The number of carbonyl (C=O) groups excluding carboxylic acids is 1. The zero-order valence-corrected chi connectivity index (χ0v) is 5.79. The first kappa shape index (κ1) is 7.50. The topological polar surface area (TPSA) is 95.1 Å². The van der Waals surface area contributed by atoms with Crippen molar-refractivity contribution in [1.29, 1.82) is 0 Å². The third kappa shape index (κ3) is 1.27. The van der Waals surface area contributed by atoms with Gasteiger partial charge in [0.1, 0.15) is 0 Å². The van der Waals surface area contributed by atoms with Crippen LogP contribution in [0.25, 0.3) is 0 Å². The van der Waals surface area contributed by atoms with Gasteiger partial charge in [0.05, 0.1) is 0 Å². The molecule has 1 fully saturated rings. The molecule has 0 aliphatic heterocycles. The van der Waals surface area contributed by atoms with Crippen molar-refractivity contribution in [2.45, 2.75) is 24.9 Å². The fourth-order valence-corrected chi connectivity index (χ4v) is 1.34. The molecule has 1 rings (SSSR count). The van der Waals surface area contributed by atoms with Crippen LogP contribution >= 0.6 is 0 Å². The monoisotopic (exact) mass is 143 g/mol. The van der Waals surface area contributed by atoms with Gasteiger partial charge in [-0.1, -0.05) is 0 Å². The second-order valence-electron chi connectivity index (χ2n) is 2.90. The zero-order valence-electron chi connectivity index (χ0n) is 5.79. The summed E-state index contributed by atoms with van der Waals surface area (Å²) in [6, 6.07) is -0.0880. The molecule has 3 atom stereocenters. The lowest BCUT2D eigenvalue weighted by atomic mass is 10.1. The second-order valence-corrected chi connectivity index (χ2v) is 2.90. The van der Waals surface area contributed by atoms with E-state index in [1.54, 1.807) is 0 Å². The van der Waals surface area contributed by atoms with Gasteiger partial charge >= 0.3 is 0 Å². The number of primary amides is 1. The molecule has 0 aromatic rings. The number of rotatable bonds is 1. The molecular formula is C6H13N3O.